The number of rotatable bonds is 4. The maximum atomic E-state index is 11.6. The van der Waals surface area contributed by atoms with Gasteiger partial charge in [0.05, 0.1) is 4.88 Å². The van der Waals surface area contributed by atoms with Crippen LogP contribution in [0.15, 0.2) is 12.1 Å². The van der Waals surface area contributed by atoms with Crippen molar-refractivity contribution in [2.45, 2.75) is 49.7 Å². The molecule has 6 rings (SSSR count). The van der Waals surface area contributed by atoms with Crippen molar-refractivity contribution in [3.8, 4) is 0 Å². The van der Waals surface area contributed by atoms with Gasteiger partial charge in [0.15, 0.2) is 0 Å². The Morgan fingerprint density at radius 1 is 1.24 bits per heavy atom. The maximum Gasteiger partial charge on any atom is 0.258 e. The molecule has 0 aromatic carbocycles. The number of methoxy groups -OCH3 is 1. The molecular formula is C19H27ClN2O2S. The Hall–Kier alpha value is -0.620. The average molecular weight is 383 g/mol. The second-order valence-electron chi connectivity index (χ2n) is 8.46. The number of carbonyl (C=O) groups is 1. The molecule has 1 saturated heterocycles. The van der Waals surface area contributed by atoms with Crippen LogP contribution in [0.5, 0.6) is 0 Å². The van der Waals surface area contributed by atoms with Gasteiger partial charge in [0.1, 0.15) is 5.60 Å². The van der Waals surface area contributed by atoms with Gasteiger partial charge < -0.3 is 10.5 Å². The highest BCUT2D eigenvalue weighted by Gasteiger charge is 2.64. The largest absolute Gasteiger partial charge is 0.372 e. The van der Waals surface area contributed by atoms with Crippen LogP contribution in [0.1, 0.15) is 53.1 Å². The molecule has 1 amide bonds. The second-order valence-corrected chi connectivity index (χ2v) is 9.54. The Bertz CT molecular complexity index is 660. The molecule has 0 unspecified atom stereocenters. The van der Waals surface area contributed by atoms with Gasteiger partial charge in [0.25, 0.3) is 5.91 Å². The van der Waals surface area contributed by atoms with Crippen molar-refractivity contribution >= 4 is 29.7 Å². The van der Waals surface area contributed by atoms with Crippen LogP contribution >= 0.6 is 23.7 Å². The first kappa shape index (κ1) is 17.8. The van der Waals surface area contributed by atoms with E-state index in [4.69, 9.17) is 10.5 Å². The lowest BCUT2D eigenvalue weighted by atomic mass is 9.48. The van der Waals surface area contributed by atoms with E-state index in [0.717, 1.165) is 19.0 Å². The molecule has 6 heteroatoms. The number of likely N-dealkylation sites (tertiary alicyclic amines) is 1. The number of amides is 1. The number of ether oxygens (including phenoxy) is 1. The number of carbonyl (C=O) groups excluding carboxylic acids is 1. The van der Waals surface area contributed by atoms with E-state index in [1.54, 1.807) is 11.3 Å². The lowest BCUT2D eigenvalue weighted by molar-refractivity contribution is -0.225. The average Bonchev–Trinajstić information content (AvgIpc) is 2.93. The summed E-state index contributed by atoms with van der Waals surface area (Å²) in [6, 6.07) is 3.97. The third-order valence-corrected chi connectivity index (χ3v) is 8.68. The Morgan fingerprint density at radius 2 is 1.88 bits per heavy atom. The van der Waals surface area contributed by atoms with Crippen molar-refractivity contribution in [3.63, 3.8) is 0 Å². The number of halogens is 1. The van der Waals surface area contributed by atoms with Gasteiger partial charge in [0, 0.05) is 42.5 Å². The van der Waals surface area contributed by atoms with Crippen molar-refractivity contribution in [2.24, 2.45) is 23.5 Å². The van der Waals surface area contributed by atoms with Crippen LogP contribution in [0, 0.1) is 17.8 Å². The Kier molecular flexibility index (Phi) is 4.23. The zero-order chi connectivity index (χ0) is 16.5. The van der Waals surface area contributed by atoms with Crippen molar-refractivity contribution in [1.29, 1.82) is 0 Å². The standard InChI is InChI=1S/C19H26N2O2S.ClH/c1-23-19(16-6-5-15(24-16)17(20)22)13-3-2-4-14(19)11-21(10-13)18-7-12(8-18)9-18;/h5-6,12-14H,2-4,7-11H2,1H3,(H2,20,22);1H/t12?,13-,14+,18?,19-;. The zero-order valence-electron chi connectivity index (χ0n) is 14.7. The van der Waals surface area contributed by atoms with Crippen LogP contribution < -0.4 is 5.73 Å². The van der Waals surface area contributed by atoms with E-state index in [1.807, 2.05) is 13.2 Å². The highest BCUT2D eigenvalue weighted by Crippen LogP contribution is 2.63. The van der Waals surface area contributed by atoms with Gasteiger partial charge >= 0.3 is 0 Å². The molecule has 2 N–H and O–H groups in total. The molecule has 1 aromatic rings. The highest BCUT2D eigenvalue weighted by molar-refractivity contribution is 7.14. The fourth-order valence-corrected chi connectivity index (χ4v) is 7.34. The molecule has 5 aliphatic rings. The number of primary amides is 1. The summed E-state index contributed by atoms with van der Waals surface area (Å²) in [5.41, 5.74) is 5.83. The van der Waals surface area contributed by atoms with E-state index in [1.165, 1.54) is 43.4 Å². The van der Waals surface area contributed by atoms with Crippen molar-refractivity contribution in [3.05, 3.63) is 21.9 Å². The molecular weight excluding hydrogens is 356 g/mol. The molecule has 5 fully saturated rings. The summed E-state index contributed by atoms with van der Waals surface area (Å²) >= 11 is 1.55. The fourth-order valence-electron chi connectivity index (χ4n) is 6.16. The fraction of sp³-hybridized carbons (Fsp3) is 0.737. The number of piperidine rings is 1. The van der Waals surface area contributed by atoms with Crippen LogP contribution in [0.4, 0.5) is 0 Å². The molecule has 2 heterocycles. The zero-order valence-corrected chi connectivity index (χ0v) is 16.3. The van der Waals surface area contributed by atoms with E-state index < -0.39 is 0 Å². The predicted molar refractivity (Wildman–Crippen MR) is 101 cm³/mol. The van der Waals surface area contributed by atoms with Crippen LogP contribution in [0.2, 0.25) is 0 Å². The van der Waals surface area contributed by atoms with Gasteiger partial charge in [-0.2, -0.15) is 0 Å². The number of hydrogen-bond donors (Lipinski definition) is 1. The molecule has 4 aliphatic carbocycles. The number of thiophene rings is 1. The van der Waals surface area contributed by atoms with Crippen molar-refractivity contribution < 1.29 is 9.53 Å². The smallest absolute Gasteiger partial charge is 0.258 e. The third-order valence-electron chi connectivity index (χ3n) is 7.45. The lowest BCUT2D eigenvalue weighted by Gasteiger charge is -2.70. The minimum absolute atomic E-state index is 0. The Morgan fingerprint density at radius 3 is 2.32 bits per heavy atom. The van der Waals surface area contributed by atoms with E-state index in [9.17, 15) is 4.79 Å². The van der Waals surface area contributed by atoms with Crippen LogP contribution in [0.25, 0.3) is 0 Å². The molecule has 4 nitrogen and oxygen atoms in total. The first-order valence-electron chi connectivity index (χ1n) is 9.28. The lowest BCUT2D eigenvalue weighted by Crippen LogP contribution is -2.73. The Balaban J connectivity index is 0.00000157. The van der Waals surface area contributed by atoms with E-state index in [0.29, 0.717) is 22.3 Å². The molecule has 25 heavy (non-hydrogen) atoms. The molecule has 4 saturated carbocycles. The maximum absolute atomic E-state index is 11.6. The molecule has 0 radical (unpaired) electrons. The van der Waals surface area contributed by atoms with Gasteiger partial charge in [-0.25, -0.2) is 0 Å². The third kappa shape index (κ3) is 2.29. The molecule has 0 spiro atoms. The molecule has 3 atom stereocenters. The Labute approximate surface area is 159 Å². The minimum Gasteiger partial charge on any atom is -0.372 e. The number of nitrogens with two attached hydrogens (primary N) is 1. The van der Waals surface area contributed by atoms with Gasteiger partial charge in [0.2, 0.25) is 0 Å². The SMILES string of the molecule is CO[C@]1(c2ccc(C(N)=O)s2)[C@@H]2CCC[C@H]1CN(C13CC(C1)C3)C2.Cl. The topological polar surface area (TPSA) is 55.6 Å². The van der Waals surface area contributed by atoms with Gasteiger partial charge in [-0.05, 0) is 50.2 Å². The van der Waals surface area contributed by atoms with Crippen LogP contribution in [0.3, 0.4) is 0 Å². The van der Waals surface area contributed by atoms with Crippen molar-refractivity contribution in [1.82, 2.24) is 4.90 Å². The first-order chi connectivity index (χ1) is 11.6. The summed E-state index contributed by atoms with van der Waals surface area (Å²) in [5.74, 6) is 1.76. The highest BCUT2D eigenvalue weighted by atomic mass is 35.5. The quantitative estimate of drug-likeness (QED) is 0.868. The predicted octanol–water partition coefficient (Wildman–Crippen LogP) is 3.39. The first-order valence-corrected chi connectivity index (χ1v) is 10.1. The summed E-state index contributed by atoms with van der Waals surface area (Å²) in [7, 11) is 1.87. The summed E-state index contributed by atoms with van der Waals surface area (Å²) in [4.78, 5) is 16.2. The van der Waals surface area contributed by atoms with Crippen LogP contribution in [-0.2, 0) is 10.3 Å². The van der Waals surface area contributed by atoms with Crippen LogP contribution in [-0.4, -0.2) is 36.5 Å². The number of fused-ring (bicyclic) bond motifs is 2. The minimum atomic E-state index is -0.325. The van der Waals surface area contributed by atoms with Gasteiger partial charge in [-0.1, -0.05) is 6.42 Å². The summed E-state index contributed by atoms with van der Waals surface area (Å²) in [6.07, 6.45) is 8.04. The molecule has 1 aliphatic heterocycles. The normalized spacial score (nSPS) is 42.0. The molecule has 138 valence electrons. The summed E-state index contributed by atoms with van der Waals surface area (Å²) < 4.78 is 6.28. The molecule has 4 bridgehead atoms. The van der Waals surface area contributed by atoms with Gasteiger partial charge in [-0.15, -0.1) is 23.7 Å². The van der Waals surface area contributed by atoms with Crippen molar-refractivity contribution in [2.75, 3.05) is 20.2 Å². The number of hydrogen-bond acceptors (Lipinski definition) is 4. The molecule has 1 aromatic heterocycles. The van der Waals surface area contributed by atoms with E-state index in [2.05, 4.69) is 11.0 Å². The monoisotopic (exact) mass is 382 g/mol. The van der Waals surface area contributed by atoms with E-state index >= 15 is 0 Å². The van der Waals surface area contributed by atoms with Gasteiger partial charge in [-0.3, -0.25) is 9.69 Å². The number of nitrogens with zero attached hydrogens (tertiary/aromatic N) is 1. The van der Waals surface area contributed by atoms with E-state index in [-0.39, 0.29) is 23.9 Å². The summed E-state index contributed by atoms with van der Waals surface area (Å²) in [6.45, 7) is 2.31. The summed E-state index contributed by atoms with van der Waals surface area (Å²) in [5, 5.41) is 0. The second kappa shape index (κ2) is 5.95.